The van der Waals surface area contributed by atoms with Gasteiger partial charge in [0.15, 0.2) is 0 Å². The first-order valence-electron chi connectivity index (χ1n) is 5.54. The summed E-state index contributed by atoms with van der Waals surface area (Å²) in [5.41, 5.74) is 2.39. The molecule has 3 nitrogen and oxygen atoms in total. The highest BCUT2D eigenvalue weighted by molar-refractivity contribution is 5.72. The smallest absolute Gasteiger partial charge is 0.216 e. The van der Waals surface area contributed by atoms with Crippen LogP contribution >= 0.6 is 0 Å². The Morgan fingerprint density at radius 3 is 2.75 bits per heavy atom. The summed E-state index contributed by atoms with van der Waals surface area (Å²) in [5.74, 6) is 0.931. The fraction of sp³-hybridized carbons (Fsp3) is 0.462. The Balaban J connectivity index is 2.29. The van der Waals surface area contributed by atoms with Crippen LogP contribution in [0.5, 0.6) is 5.75 Å². The average molecular weight is 221 g/mol. The maximum atomic E-state index is 10.6. The number of amides is 1. The van der Waals surface area contributed by atoms with Crippen LogP contribution in [0.2, 0.25) is 0 Å². The molecule has 0 atom stereocenters. The van der Waals surface area contributed by atoms with E-state index >= 15 is 0 Å². The quantitative estimate of drug-likeness (QED) is 0.774. The fourth-order valence-corrected chi connectivity index (χ4v) is 1.48. The number of hydrogen-bond acceptors (Lipinski definition) is 2. The molecule has 16 heavy (non-hydrogen) atoms. The maximum absolute atomic E-state index is 10.6. The molecular weight excluding hydrogens is 202 g/mol. The van der Waals surface area contributed by atoms with Gasteiger partial charge in [-0.25, -0.2) is 0 Å². The second kappa shape index (κ2) is 6.16. The Bertz CT molecular complexity index is 361. The summed E-state index contributed by atoms with van der Waals surface area (Å²) in [5, 5.41) is 2.74. The number of hydrogen-bond donors (Lipinski definition) is 1. The van der Waals surface area contributed by atoms with E-state index in [1.54, 1.807) is 0 Å². The number of benzene rings is 1. The van der Waals surface area contributed by atoms with Crippen molar-refractivity contribution in [3.8, 4) is 5.75 Å². The van der Waals surface area contributed by atoms with E-state index in [9.17, 15) is 4.79 Å². The van der Waals surface area contributed by atoms with Crippen LogP contribution < -0.4 is 10.1 Å². The minimum Gasteiger partial charge on any atom is -0.493 e. The van der Waals surface area contributed by atoms with Crippen molar-refractivity contribution in [3.63, 3.8) is 0 Å². The molecule has 1 N–H and O–H groups in total. The van der Waals surface area contributed by atoms with Gasteiger partial charge in [0, 0.05) is 13.5 Å². The minimum absolute atomic E-state index is 0.00603. The molecule has 1 aromatic carbocycles. The molecule has 0 radical (unpaired) electrons. The summed E-state index contributed by atoms with van der Waals surface area (Å²) >= 11 is 0. The molecule has 1 aromatic rings. The normalized spacial score (nSPS) is 9.94. The Hall–Kier alpha value is -1.51. The van der Waals surface area contributed by atoms with Crippen molar-refractivity contribution >= 4 is 5.91 Å². The molecule has 0 aliphatic rings. The van der Waals surface area contributed by atoms with Gasteiger partial charge >= 0.3 is 0 Å². The van der Waals surface area contributed by atoms with Crippen molar-refractivity contribution < 1.29 is 9.53 Å². The zero-order valence-corrected chi connectivity index (χ0v) is 10.2. The van der Waals surface area contributed by atoms with E-state index < -0.39 is 0 Å². The van der Waals surface area contributed by atoms with Crippen molar-refractivity contribution in [2.75, 3.05) is 13.2 Å². The van der Waals surface area contributed by atoms with Gasteiger partial charge in [-0.2, -0.15) is 0 Å². The maximum Gasteiger partial charge on any atom is 0.216 e. The highest BCUT2D eigenvalue weighted by atomic mass is 16.5. The zero-order chi connectivity index (χ0) is 12.0. The third-order valence-electron chi connectivity index (χ3n) is 2.28. The third-order valence-corrected chi connectivity index (χ3v) is 2.28. The van der Waals surface area contributed by atoms with Crippen LogP contribution in [0.25, 0.3) is 0 Å². The Morgan fingerprint density at radius 2 is 2.12 bits per heavy atom. The van der Waals surface area contributed by atoms with E-state index in [1.807, 2.05) is 19.1 Å². The third kappa shape index (κ3) is 4.34. The van der Waals surface area contributed by atoms with E-state index in [2.05, 4.69) is 18.3 Å². The second-order valence-corrected chi connectivity index (χ2v) is 3.95. The summed E-state index contributed by atoms with van der Waals surface area (Å²) in [6.07, 6.45) is 0.826. The van der Waals surface area contributed by atoms with E-state index in [0.717, 1.165) is 17.7 Å². The molecule has 0 spiro atoms. The largest absolute Gasteiger partial charge is 0.493 e. The molecule has 0 aliphatic carbocycles. The van der Waals surface area contributed by atoms with Crippen LogP contribution in [0, 0.1) is 13.8 Å². The van der Waals surface area contributed by atoms with Crippen molar-refractivity contribution in [2.45, 2.75) is 27.2 Å². The molecule has 0 unspecified atom stereocenters. The number of rotatable bonds is 5. The van der Waals surface area contributed by atoms with E-state index in [1.165, 1.54) is 12.5 Å². The first-order chi connectivity index (χ1) is 7.59. The van der Waals surface area contributed by atoms with Gasteiger partial charge in [-0.15, -0.1) is 0 Å². The summed E-state index contributed by atoms with van der Waals surface area (Å²) in [6.45, 7) is 6.92. The molecule has 88 valence electrons. The molecular formula is C13H19NO2. The molecule has 1 amide bonds. The van der Waals surface area contributed by atoms with E-state index in [0.29, 0.717) is 13.2 Å². The molecule has 1 rings (SSSR count). The SMILES string of the molecule is CC(=O)NCCCOc1ccc(C)cc1C. The zero-order valence-electron chi connectivity index (χ0n) is 10.2. The molecule has 0 aliphatic heterocycles. The van der Waals surface area contributed by atoms with Crippen LogP contribution in [-0.2, 0) is 4.79 Å². The summed E-state index contributed by atoms with van der Waals surface area (Å²) < 4.78 is 5.62. The Morgan fingerprint density at radius 1 is 1.38 bits per heavy atom. The molecule has 0 aromatic heterocycles. The molecule has 0 fully saturated rings. The van der Waals surface area contributed by atoms with Gasteiger partial charge < -0.3 is 10.1 Å². The van der Waals surface area contributed by atoms with Gasteiger partial charge in [-0.3, -0.25) is 4.79 Å². The van der Waals surface area contributed by atoms with Crippen molar-refractivity contribution in [3.05, 3.63) is 29.3 Å². The standard InChI is InChI=1S/C13H19NO2/c1-10-5-6-13(11(2)9-10)16-8-4-7-14-12(3)15/h5-6,9H,4,7-8H2,1-3H3,(H,14,15). The average Bonchev–Trinajstić information content (AvgIpc) is 2.20. The Labute approximate surface area is 96.8 Å². The minimum atomic E-state index is 0.00603. The second-order valence-electron chi connectivity index (χ2n) is 3.95. The van der Waals surface area contributed by atoms with Crippen molar-refractivity contribution in [1.29, 1.82) is 0 Å². The van der Waals surface area contributed by atoms with Gasteiger partial charge in [0.05, 0.1) is 6.61 Å². The van der Waals surface area contributed by atoms with Crippen LogP contribution in [-0.4, -0.2) is 19.1 Å². The van der Waals surface area contributed by atoms with Crippen LogP contribution in [0.1, 0.15) is 24.5 Å². The summed E-state index contributed by atoms with van der Waals surface area (Å²) in [7, 11) is 0. The van der Waals surface area contributed by atoms with E-state index in [-0.39, 0.29) is 5.91 Å². The summed E-state index contributed by atoms with van der Waals surface area (Å²) in [4.78, 5) is 10.6. The Kier molecular flexibility index (Phi) is 4.83. The molecule has 0 saturated carbocycles. The number of nitrogens with one attached hydrogen (secondary N) is 1. The van der Waals surface area contributed by atoms with Crippen LogP contribution in [0.4, 0.5) is 0 Å². The molecule has 0 heterocycles. The lowest BCUT2D eigenvalue weighted by Gasteiger charge is -2.09. The first kappa shape index (κ1) is 12.6. The van der Waals surface area contributed by atoms with Crippen LogP contribution in [0.3, 0.4) is 0 Å². The lowest BCUT2D eigenvalue weighted by molar-refractivity contribution is -0.118. The summed E-state index contributed by atoms with van der Waals surface area (Å²) in [6, 6.07) is 6.13. The topological polar surface area (TPSA) is 38.3 Å². The van der Waals surface area contributed by atoms with Gasteiger partial charge in [0.25, 0.3) is 0 Å². The predicted molar refractivity (Wildman–Crippen MR) is 64.7 cm³/mol. The number of aryl methyl sites for hydroxylation is 2. The lowest BCUT2D eigenvalue weighted by atomic mass is 10.1. The predicted octanol–water partition coefficient (Wildman–Crippen LogP) is 2.21. The fourth-order valence-electron chi connectivity index (χ4n) is 1.48. The highest BCUT2D eigenvalue weighted by Gasteiger charge is 1.99. The lowest BCUT2D eigenvalue weighted by Crippen LogP contribution is -2.22. The molecule has 0 bridgehead atoms. The monoisotopic (exact) mass is 221 g/mol. The highest BCUT2D eigenvalue weighted by Crippen LogP contribution is 2.18. The number of ether oxygens (including phenoxy) is 1. The van der Waals surface area contributed by atoms with Gasteiger partial charge in [-0.1, -0.05) is 17.7 Å². The van der Waals surface area contributed by atoms with E-state index in [4.69, 9.17) is 4.74 Å². The van der Waals surface area contributed by atoms with Gasteiger partial charge in [0.1, 0.15) is 5.75 Å². The van der Waals surface area contributed by atoms with Crippen LogP contribution in [0.15, 0.2) is 18.2 Å². The first-order valence-corrected chi connectivity index (χ1v) is 5.54. The van der Waals surface area contributed by atoms with Crippen molar-refractivity contribution in [1.82, 2.24) is 5.32 Å². The van der Waals surface area contributed by atoms with Gasteiger partial charge in [-0.05, 0) is 31.9 Å². The number of carbonyl (C=O) groups excluding carboxylic acids is 1. The van der Waals surface area contributed by atoms with Crippen molar-refractivity contribution in [2.24, 2.45) is 0 Å². The van der Waals surface area contributed by atoms with Gasteiger partial charge in [0.2, 0.25) is 5.91 Å². The molecule has 3 heteroatoms. The molecule has 0 saturated heterocycles. The number of carbonyl (C=O) groups is 1.